The molecule has 0 amide bonds. The molecule has 1 heterocycles. The molecule has 4 atom stereocenters. The average molecular weight is 429 g/mol. The van der Waals surface area contributed by atoms with Crippen LogP contribution in [0.25, 0.3) is 0 Å². The Kier molecular flexibility index (Phi) is 11.9. The third-order valence-electron chi connectivity index (χ3n) is 6.79. The summed E-state index contributed by atoms with van der Waals surface area (Å²) >= 11 is 0. The van der Waals surface area contributed by atoms with E-state index in [4.69, 9.17) is 19.6 Å². The predicted molar refractivity (Wildman–Crippen MR) is 116 cm³/mol. The van der Waals surface area contributed by atoms with E-state index < -0.39 is 23.0 Å². The second kappa shape index (κ2) is 13.3. The molecule has 0 aromatic rings. The van der Waals surface area contributed by atoms with Crippen LogP contribution in [0.3, 0.4) is 0 Å². The summed E-state index contributed by atoms with van der Waals surface area (Å²) in [5.74, 6) is -0.647. The SMILES string of the molecule is CCCCC(CC)CC(CC)(CCCC)C(=O)OOC(=O)C1(CC)OOC1CCC. The Balaban J connectivity index is 2.86. The molecule has 1 aliphatic rings. The normalized spacial score (nSPS) is 23.9. The number of carbonyl (C=O) groups is 2. The van der Waals surface area contributed by atoms with Crippen LogP contribution in [0.15, 0.2) is 0 Å². The lowest BCUT2D eigenvalue weighted by molar-refractivity contribution is -0.502. The molecule has 6 nitrogen and oxygen atoms in total. The van der Waals surface area contributed by atoms with Crippen LogP contribution in [-0.4, -0.2) is 23.6 Å². The number of unbranched alkanes of at least 4 members (excludes halogenated alkanes) is 2. The number of rotatable bonds is 15. The van der Waals surface area contributed by atoms with Crippen LogP contribution in [0.5, 0.6) is 0 Å². The number of hydrogen-bond donors (Lipinski definition) is 0. The molecule has 1 rings (SSSR count). The third kappa shape index (κ3) is 6.43. The molecular formula is C24H44O6. The fourth-order valence-corrected chi connectivity index (χ4v) is 4.37. The zero-order chi connectivity index (χ0) is 22.6. The topological polar surface area (TPSA) is 71.1 Å². The van der Waals surface area contributed by atoms with Gasteiger partial charge < -0.3 is 0 Å². The molecule has 6 heteroatoms. The maximum absolute atomic E-state index is 13.2. The van der Waals surface area contributed by atoms with Crippen molar-refractivity contribution in [3.05, 3.63) is 0 Å². The molecule has 1 fully saturated rings. The van der Waals surface area contributed by atoms with E-state index in [1.165, 1.54) is 0 Å². The molecule has 0 aromatic heterocycles. The van der Waals surface area contributed by atoms with Crippen molar-refractivity contribution in [2.45, 2.75) is 130 Å². The summed E-state index contributed by atoms with van der Waals surface area (Å²) in [4.78, 5) is 46.4. The molecule has 30 heavy (non-hydrogen) atoms. The monoisotopic (exact) mass is 428 g/mol. The lowest BCUT2D eigenvalue weighted by Gasteiger charge is -2.43. The zero-order valence-corrected chi connectivity index (χ0v) is 20.1. The third-order valence-corrected chi connectivity index (χ3v) is 6.79. The van der Waals surface area contributed by atoms with Gasteiger partial charge in [-0.25, -0.2) is 29.1 Å². The van der Waals surface area contributed by atoms with Gasteiger partial charge in [0.15, 0.2) is 0 Å². The van der Waals surface area contributed by atoms with Crippen molar-refractivity contribution in [1.82, 2.24) is 0 Å². The van der Waals surface area contributed by atoms with Crippen molar-refractivity contribution in [2.75, 3.05) is 0 Å². The standard InChI is InChI=1S/C24H44O6/c1-7-13-16-19(10-4)18-23(11-5,17-14-8-2)21(25)28-29-22(26)24(12-6)20(15-9-3)27-30-24/h19-20H,7-18H2,1-6H3. The fraction of sp³-hybridized carbons (Fsp3) is 0.917. The van der Waals surface area contributed by atoms with Crippen LogP contribution in [0.2, 0.25) is 0 Å². The molecule has 0 aromatic carbocycles. The number of hydrogen-bond acceptors (Lipinski definition) is 6. The van der Waals surface area contributed by atoms with E-state index in [1.54, 1.807) is 0 Å². The molecule has 0 bridgehead atoms. The largest absolute Gasteiger partial charge is 0.393 e. The molecule has 0 N–H and O–H groups in total. The summed E-state index contributed by atoms with van der Waals surface area (Å²) in [7, 11) is 0. The van der Waals surface area contributed by atoms with E-state index in [0.29, 0.717) is 25.2 Å². The van der Waals surface area contributed by atoms with E-state index >= 15 is 0 Å². The van der Waals surface area contributed by atoms with Gasteiger partial charge >= 0.3 is 11.9 Å². The highest BCUT2D eigenvalue weighted by Gasteiger charge is 2.58. The molecule has 1 saturated heterocycles. The molecule has 0 aliphatic carbocycles. The number of carbonyl (C=O) groups excluding carboxylic acids is 2. The summed E-state index contributed by atoms with van der Waals surface area (Å²) in [6.07, 6.45) is 10.1. The minimum absolute atomic E-state index is 0.367. The van der Waals surface area contributed by atoms with Gasteiger partial charge in [0.05, 0.1) is 5.41 Å². The van der Waals surface area contributed by atoms with Gasteiger partial charge in [-0.3, -0.25) is 0 Å². The maximum atomic E-state index is 13.2. The summed E-state index contributed by atoms with van der Waals surface area (Å²) in [5, 5.41) is 0. The highest BCUT2D eigenvalue weighted by molar-refractivity contribution is 5.82. The van der Waals surface area contributed by atoms with Crippen LogP contribution in [-0.2, 0) is 29.1 Å². The predicted octanol–water partition coefficient (Wildman–Crippen LogP) is 6.46. The molecule has 176 valence electrons. The van der Waals surface area contributed by atoms with Gasteiger partial charge in [-0.05, 0) is 38.0 Å². The van der Waals surface area contributed by atoms with Crippen molar-refractivity contribution in [3.63, 3.8) is 0 Å². The van der Waals surface area contributed by atoms with E-state index in [0.717, 1.165) is 57.8 Å². The Morgan fingerprint density at radius 2 is 1.70 bits per heavy atom. The molecule has 1 aliphatic heterocycles. The summed E-state index contributed by atoms with van der Waals surface area (Å²) in [6.45, 7) is 12.4. The summed E-state index contributed by atoms with van der Waals surface area (Å²) < 4.78 is 0. The van der Waals surface area contributed by atoms with Crippen LogP contribution < -0.4 is 0 Å². The van der Waals surface area contributed by atoms with E-state index in [1.807, 2.05) is 20.8 Å². The first-order valence-corrected chi connectivity index (χ1v) is 12.2. The summed E-state index contributed by atoms with van der Waals surface area (Å²) in [5.41, 5.74) is -1.80. The van der Waals surface area contributed by atoms with Gasteiger partial charge in [0.25, 0.3) is 0 Å². The second-order valence-corrected chi connectivity index (χ2v) is 8.80. The van der Waals surface area contributed by atoms with Crippen molar-refractivity contribution >= 4 is 11.9 Å². The van der Waals surface area contributed by atoms with Crippen LogP contribution >= 0.6 is 0 Å². The average Bonchev–Trinajstić information content (AvgIpc) is 2.75. The van der Waals surface area contributed by atoms with Gasteiger partial charge in [0, 0.05) is 0 Å². The Hall–Kier alpha value is -1.14. The molecule has 0 radical (unpaired) electrons. The second-order valence-electron chi connectivity index (χ2n) is 8.80. The Morgan fingerprint density at radius 3 is 2.17 bits per heavy atom. The lowest BCUT2D eigenvalue weighted by Crippen LogP contribution is -2.61. The Labute approximate surface area is 183 Å². The fourth-order valence-electron chi connectivity index (χ4n) is 4.37. The van der Waals surface area contributed by atoms with Crippen molar-refractivity contribution in [3.8, 4) is 0 Å². The lowest BCUT2D eigenvalue weighted by atomic mass is 9.72. The maximum Gasteiger partial charge on any atom is 0.393 e. The van der Waals surface area contributed by atoms with Gasteiger partial charge in [-0.2, -0.15) is 0 Å². The first-order chi connectivity index (χ1) is 14.4. The van der Waals surface area contributed by atoms with Crippen molar-refractivity contribution in [2.24, 2.45) is 11.3 Å². The van der Waals surface area contributed by atoms with Crippen LogP contribution in [0.4, 0.5) is 0 Å². The van der Waals surface area contributed by atoms with Gasteiger partial charge in [0.1, 0.15) is 6.10 Å². The first kappa shape index (κ1) is 26.9. The zero-order valence-electron chi connectivity index (χ0n) is 20.1. The minimum atomic E-state index is -1.18. The van der Waals surface area contributed by atoms with E-state index in [9.17, 15) is 9.59 Å². The Bertz CT molecular complexity index is 518. The smallest absolute Gasteiger partial charge is 0.247 e. The van der Waals surface area contributed by atoms with E-state index in [-0.39, 0.29) is 6.10 Å². The Morgan fingerprint density at radius 1 is 1.00 bits per heavy atom. The van der Waals surface area contributed by atoms with Gasteiger partial charge in [0.2, 0.25) is 5.60 Å². The van der Waals surface area contributed by atoms with Crippen molar-refractivity contribution in [1.29, 1.82) is 0 Å². The first-order valence-electron chi connectivity index (χ1n) is 12.2. The summed E-state index contributed by atoms with van der Waals surface area (Å²) in [6, 6.07) is 0. The van der Waals surface area contributed by atoms with Gasteiger partial charge in [-0.15, -0.1) is 0 Å². The minimum Gasteiger partial charge on any atom is -0.247 e. The highest BCUT2D eigenvalue weighted by Crippen LogP contribution is 2.41. The van der Waals surface area contributed by atoms with Gasteiger partial charge in [-0.1, -0.05) is 86.5 Å². The quantitative estimate of drug-likeness (QED) is 0.220. The molecule has 0 spiro atoms. The molecular weight excluding hydrogens is 384 g/mol. The molecule has 0 saturated carbocycles. The van der Waals surface area contributed by atoms with E-state index in [2.05, 4.69) is 20.8 Å². The van der Waals surface area contributed by atoms with Crippen LogP contribution in [0, 0.1) is 11.3 Å². The van der Waals surface area contributed by atoms with Crippen LogP contribution in [0.1, 0.15) is 119 Å². The highest BCUT2D eigenvalue weighted by atomic mass is 17.3. The van der Waals surface area contributed by atoms with Crippen molar-refractivity contribution < 1.29 is 29.1 Å². The molecule has 4 unspecified atom stereocenters.